The second-order valence-electron chi connectivity index (χ2n) is 4.06. The van der Waals surface area contributed by atoms with Gasteiger partial charge in [-0.25, -0.2) is 9.18 Å². The molecule has 1 amide bonds. The van der Waals surface area contributed by atoms with Gasteiger partial charge in [-0.3, -0.25) is 4.79 Å². The van der Waals surface area contributed by atoms with Crippen LogP contribution in [0.3, 0.4) is 0 Å². The summed E-state index contributed by atoms with van der Waals surface area (Å²) in [4.78, 5) is 22.1. The number of aromatic carboxylic acids is 1. The Morgan fingerprint density at radius 3 is 2.45 bits per heavy atom. The third kappa shape index (κ3) is 2.62. The van der Waals surface area contributed by atoms with E-state index in [1.165, 1.54) is 24.3 Å². The molecule has 0 bridgehead atoms. The molecule has 0 aliphatic carbocycles. The number of carbonyl (C=O) groups excluding carboxylic acids is 1. The van der Waals surface area contributed by atoms with Gasteiger partial charge >= 0.3 is 5.97 Å². The van der Waals surface area contributed by atoms with Crippen LogP contribution in [0.5, 0.6) is 0 Å². The maximum atomic E-state index is 13.8. The Morgan fingerprint density at radius 2 is 1.85 bits per heavy atom. The molecule has 0 fully saturated rings. The fourth-order valence-electron chi connectivity index (χ4n) is 1.76. The van der Waals surface area contributed by atoms with Crippen LogP contribution in [0.1, 0.15) is 20.7 Å². The molecule has 0 aliphatic heterocycles. The molecule has 2 aromatic carbocycles. The third-order valence-corrected chi connectivity index (χ3v) is 3.09. The van der Waals surface area contributed by atoms with Gasteiger partial charge < -0.3 is 10.8 Å². The lowest BCUT2D eigenvalue weighted by Crippen LogP contribution is -2.11. The fourth-order valence-corrected chi connectivity index (χ4v) is 1.97. The third-order valence-electron chi connectivity index (χ3n) is 2.76. The summed E-state index contributed by atoms with van der Waals surface area (Å²) < 4.78 is 13.8. The number of hydrogen-bond donors (Lipinski definition) is 2. The zero-order chi connectivity index (χ0) is 14.9. The van der Waals surface area contributed by atoms with Crippen molar-refractivity contribution < 1.29 is 19.1 Å². The van der Waals surface area contributed by atoms with Gasteiger partial charge in [-0.15, -0.1) is 0 Å². The van der Waals surface area contributed by atoms with E-state index >= 15 is 0 Å². The Bertz CT molecular complexity index is 716. The van der Waals surface area contributed by atoms with Crippen LogP contribution in [0.25, 0.3) is 11.1 Å². The maximum absolute atomic E-state index is 13.8. The molecule has 3 N–H and O–H groups in total. The average molecular weight is 294 g/mol. The molecule has 20 heavy (non-hydrogen) atoms. The number of carboxylic acids is 1. The Morgan fingerprint density at radius 1 is 1.15 bits per heavy atom. The minimum atomic E-state index is -1.17. The van der Waals surface area contributed by atoms with Crippen LogP contribution < -0.4 is 5.73 Å². The average Bonchev–Trinajstić information content (AvgIpc) is 2.39. The first-order chi connectivity index (χ1) is 9.40. The van der Waals surface area contributed by atoms with Gasteiger partial charge in [0.2, 0.25) is 5.91 Å². The van der Waals surface area contributed by atoms with Crippen molar-refractivity contribution in [3.05, 3.63) is 58.4 Å². The van der Waals surface area contributed by atoms with Gasteiger partial charge in [0.25, 0.3) is 0 Å². The highest BCUT2D eigenvalue weighted by Crippen LogP contribution is 2.28. The molecule has 0 heterocycles. The number of primary amides is 1. The standard InChI is InChI=1S/C14H9ClFNO3/c15-11-3-1-7(5-10(11)13(17)18)9-6-8(14(19)20)2-4-12(9)16/h1-6H,(H2,17,18)(H,19,20). The van der Waals surface area contributed by atoms with E-state index in [0.717, 1.165) is 12.1 Å². The van der Waals surface area contributed by atoms with Crippen molar-refractivity contribution in [1.29, 1.82) is 0 Å². The smallest absolute Gasteiger partial charge is 0.335 e. The number of carbonyl (C=O) groups is 2. The SMILES string of the molecule is NC(=O)c1cc(-c2cc(C(=O)O)ccc2F)ccc1Cl. The number of nitrogens with two attached hydrogens (primary N) is 1. The monoisotopic (exact) mass is 293 g/mol. The van der Waals surface area contributed by atoms with Gasteiger partial charge in [-0.05, 0) is 35.9 Å². The predicted octanol–water partition coefficient (Wildman–Crippen LogP) is 2.94. The largest absolute Gasteiger partial charge is 0.478 e. The van der Waals surface area contributed by atoms with Crippen molar-refractivity contribution in [1.82, 2.24) is 0 Å². The zero-order valence-corrected chi connectivity index (χ0v) is 10.8. The van der Waals surface area contributed by atoms with E-state index in [-0.39, 0.29) is 21.7 Å². The van der Waals surface area contributed by atoms with Gasteiger partial charge in [-0.2, -0.15) is 0 Å². The van der Waals surface area contributed by atoms with E-state index in [0.29, 0.717) is 5.56 Å². The Kier molecular flexibility index (Phi) is 3.72. The van der Waals surface area contributed by atoms with Gasteiger partial charge in [-0.1, -0.05) is 17.7 Å². The highest BCUT2D eigenvalue weighted by atomic mass is 35.5. The molecule has 0 aliphatic rings. The lowest BCUT2D eigenvalue weighted by molar-refractivity contribution is 0.0696. The summed E-state index contributed by atoms with van der Waals surface area (Å²) in [5, 5.41) is 9.07. The van der Waals surface area contributed by atoms with Crippen LogP contribution in [0.4, 0.5) is 4.39 Å². The number of rotatable bonds is 3. The molecule has 6 heteroatoms. The van der Waals surface area contributed by atoms with Gasteiger partial charge in [0.05, 0.1) is 16.1 Å². The van der Waals surface area contributed by atoms with E-state index in [4.69, 9.17) is 22.4 Å². The summed E-state index contributed by atoms with van der Waals surface area (Å²) >= 11 is 5.81. The van der Waals surface area contributed by atoms with Crippen molar-refractivity contribution >= 4 is 23.5 Å². The zero-order valence-electron chi connectivity index (χ0n) is 10.1. The molecule has 2 aromatic rings. The first-order valence-electron chi connectivity index (χ1n) is 5.52. The van der Waals surface area contributed by atoms with Crippen LogP contribution >= 0.6 is 11.6 Å². The Hall–Kier alpha value is -2.40. The predicted molar refractivity (Wildman–Crippen MR) is 72.3 cm³/mol. The summed E-state index contributed by atoms with van der Waals surface area (Å²) in [5.74, 6) is -2.52. The second kappa shape index (κ2) is 5.30. The molecular formula is C14H9ClFNO3. The molecule has 102 valence electrons. The van der Waals surface area contributed by atoms with Gasteiger partial charge in [0.1, 0.15) is 5.82 Å². The molecule has 0 atom stereocenters. The number of hydrogen-bond acceptors (Lipinski definition) is 2. The topological polar surface area (TPSA) is 80.4 Å². The van der Waals surface area contributed by atoms with Crippen molar-refractivity contribution in [2.75, 3.05) is 0 Å². The summed E-state index contributed by atoms with van der Waals surface area (Å²) in [6, 6.07) is 7.62. The molecule has 0 aromatic heterocycles. The molecule has 0 unspecified atom stereocenters. The quantitative estimate of drug-likeness (QED) is 0.913. The summed E-state index contributed by atoms with van der Waals surface area (Å²) in [7, 11) is 0. The van der Waals surface area contributed by atoms with Crippen molar-refractivity contribution in [3.63, 3.8) is 0 Å². The van der Waals surface area contributed by atoms with E-state index < -0.39 is 17.7 Å². The number of amides is 1. The second-order valence-corrected chi connectivity index (χ2v) is 4.47. The van der Waals surface area contributed by atoms with Gasteiger partial charge in [0, 0.05) is 5.56 Å². The molecule has 0 saturated carbocycles. The Labute approximate surface area is 118 Å². The minimum absolute atomic E-state index is 0.0456. The van der Waals surface area contributed by atoms with E-state index in [2.05, 4.69) is 0 Å². The summed E-state index contributed by atoms with van der Waals surface area (Å²) in [5.41, 5.74) is 5.54. The van der Waals surface area contributed by atoms with Crippen LogP contribution in [0, 0.1) is 5.82 Å². The minimum Gasteiger partial charge on any atom is -0.478 e. The molecule has 0 saturated heterocycles. The van der Waals surface area contributed by atoms with Crippen molar-refractivity contribution in [2.24, 2.45) is 5.73 Å². The molecule has 2 rings (SSSR count). The molecular weight excluding hydrogens is 285 g/mol. The van der Waals surface area contributed by atoms with E-state index in [1.54, 1.807) is 0 Å². The lowest BCUT2D eigenvalue weighted by atomic mass is 10.00. The maximum Gasteiger partial charge on any atom is 0.335 e. The first kappa shape index (κ1) is 14.0. The highest BCUT2D eigenvalue weighted by Gasteiger charge is 2.13. The summed E-state index contributed by atoms with van der Waals surface area (Å²) in [6.45, 7) is 0. The van der Waals surface area contributed by atoms with Crippen molar-refractivity contribution in [2.45, 2.75) is 0 Å². The first-order valence-corrected chi connectivity index (χ1v) is 5.90. The molecule has 0 radical (unpaired) electrons. The van der Waals surface area contributed by atoms with Gasteiger partial charge in [0.15, 0.2) is 0 Å². The lowest BCUT2D eigenvalue weighted by Gasteiger charge is -2.07. The number of carboxylic acid groups (broad SMARTS) is 1. The Balaban J connectivity index is 2.62. The van der Waals surface area contributed by atoms with Crippen LogP contribution in [-0.2, 0) is 0 Å². The van der Waals surface area contributed by atoms with Crippen LogP contribution in [0.2, 0.25) is 5.02 Å². The fraction of sp³-hybridized carbons (Fsp3) is 0. The molecule has 4 nitrogen and oxygen atoms in total. The van der Waals surface area contributed by atoms with E-state index in [9.17, 15) is 14.0 Å². The van der Waals surface area contributed by atoms with Crippen molar-refractivity contribution in [3.8, 4) is 11.1 Å². The van der Waals surface area contributed by atoms with Crippen LogP contribution in [-0.4, -0.2) is 17.0 Å². The number of benzene rings is 2. The van der Waals surface area contributed by atoms with E-state index in [1.807, 2.05) is 0 Å². The normalized spacial score (nSPS) is 10.3. The summed E-state index contributed by atoms with van der Waals surface area (Å²) in [6.07, 6.45) is 0. The molecule has 0 spiro atoms. The van der Waals surface area contributed by atoms with Crippen LogP contribution in [0.15, 0.2) is 36.4 Å². The highest BCUT2D eigenvalue weighted by molar-refractivity contribution is 6.33. The number of halogens is 2.